The quantitative estimate of drug-likeness (QED) is 0.0867. The van der Waals surface area contributed by atoms with Gasteiger partial charge in [-0.15, -0.1) is 22.7 Å². The van der Waals surface area contributed by atoms with E-state index in [0.717, 1.165) is 116 Å². The van der Waals surface area contributed by atoms with E-state index in [9.17, 15) is 9.59 Å². The largest absolute Gasteiger partial charge is 0.455 e. The van der Waals surface area contributed by atoms with Crippen LogP contribution in [0.3, 0.4) is 0 Å². The van der Waals surface area contributed by atoms with Gasteiger partial charge in [0.1, 0.15) is 21.0 Å². The van der Waals surface area contributed by atoms with E-state index < -0.39 is 24.8 Å². The highest BCUT2D eigenvalue weighted by Crippen LogP contribution is 2.38. The van der Waals surface area contributed by atoms with Crippen molar-refractivity contribution in [1.82, 2.24) is 19.6 Å². The van der Waals surface area contributed by atoms with E-state index in [-0.39, 0.29) is 7.43 Å². The average molecular weight is 1050 g/mol. The Morgan fingerprint density at radius 2 is 0.880 bits per heavy atom. The molecule has 6 heterocycles. The molecule has 4 aromatic carbocycles. The van der Waals surface area contributed by atoms with Crippen molar-refractivity contribution in [1.29, 1.82) is 0 Å². The molecule has 10 rings (SSSR count). The van der Waals surface area contributed by atoms with Crippen molar-refractivity contribution in [2.24, 2.45) is 9.98 Å². The molecule has 2 amide bonds. The average Bonchev–Trinajstić information content (AvgIpc) is 3.89. The summed E-state index contributed by atoms with van der Waals surface area (Å²) in [6.45, 7) is 22.8. The third-order valence-corrected chi connectivity index (χ3v) is 15.0. The number of allylic oxidation sites excluding steroid dienone is 2. The van der Waals surface area contributed by atoms with E-state index in [1.54, 1.807) is 32.5 Å². The Morgan fingerprint density at radius 1 is 0.533 bits per heavy atom. The van der Waals surface area contributed by atoms with Crippen molar-refractivity contribution >= 4 is 69.3 Å². The number of benzene rings is 4. The zero-order valence-corrected chi connectivity index (χ0v) is 44.7. The Morgan fingerprint density at radius 3 is 1.24 bits per heavy atom. The van der Waals surface area contributed by atoms with Gasteiger partial charge in [-0.3, -0.25) is 0 Å². The number of amides is 2. The van der Waals surface area contributed by atoms with Crippen LogP contribution in [0.1, 0.15) is 67.6 Å². The number of anilines is 2. The number of ether oxygens (including phenoxy) is 4. The summed E-state index contributed by atoms with van der Waals surface area (Å²) in [5.74, 6) is 2.69. The number of piperazine rings is 2. The molecule has 2 saturated heterocycles. The highest BCUT2D eigenvalue weighted by atomic mass is 32.1. The number of fused-ring (bicyclic) bond motifs is 4. The monoisotopic (exact) mass is 1050 g/mol. The fraction of sp³-hybridized carbons (Fsp3) is 0.322. The zero-order valence-electron chi connectivity index (χ0n) is 43.0. The van der Waals surface area contributed by atoms with E-state index in [0.29, 0.717) is 35.7 Å². The summed E-state index contributed by atoms with van der Waals surface area (Å²) in [7, 11) is 4.24. The van der Waals surface area contributed by atoms with Crippen LogP contribution in [0, 0.1) is 13.8 Å². The van der Waals surface area contributed by atoms with Gasteiger partial charge in [-0.1, -0.05) is 119 Å². The van der Waals surface area contributed by atoms with E-state index >= 15 is 0 Å². The summed E-state index contributed by atoms with van der Waals surface area (Å²) in [5, 5.41) is 1.88. The molecule has 75 heavy (non-hydrogen) atoms. The smallest absolute Gasteiger partial charge is 0.423 e. The van der Waals surface area contributed by atoms with E-state index in [1.165, 1.54) is 0 Å². The van der Waals surface area contributed by atoms with Gasteiger partial charge in [0.15, 0.2) is 0 Å². The number of thiophene rings is 2. The van der Waals surface area contributed by atoms with E-state index in [2.05, 4.69) is 72.8 Å². The first-order chi connectivity index (χ1) is 35.9. The van der Waals surface area contributed by atoms with Crippen molar-refractivity contribution in [3.8, 4) is 0 Å². The Balaban J connectivity index is 0.000000197. The highest BCUT2D eigenvalue weighted by molar-refractivity contribution is 7.09. The third kappa shape index (κ3) is 12.3. The number of hydrogen-bond acceptors (Lipinski definition) is 14. The maximum atomic E-state index is 14.2. The van der Waals surface area contributed by atoms with Crippen LogP contribution in [0.2, 0.25) is 0 Å². The molecule has 0 spiro atoms. The van der Waals surface area contributed by atoms with Crippen molar-refractivity contribution in [3.63, 3.8) is 0 Å². The summed E-state index contributed by atoms with van der Waals surface area (Å²) in [6, 6.07) is 38.7. The van der Waals surface area contributed by atoms with Crippen molar-refractivity contribution < 1.29 is 28.5 Å². The summed E-state index contributed by atoms with van der Waals surface area (Å²) >= 11 is 3.26. The lowest BCUT2D eigenvalue weighted by atomic mass is 10.2. The predicted octanol–water partition coefficient (Wildman–Crippen LogP) is 10.5. The summed E-state index contributed by atoms with van der Waals surface area (Å²) in [5.41, 5.74) is 4.30. The summed E-state index contributed by atoms with van der Waals surface area (Å²) in [6.07, 6.45) is -1.67. The van der Waals surface area contributed by atoms with Gasteiger partial charge in [-0.05, 0) is 64.3 Å². The van der Waals surface area contributed by atoms with Gasteiger partial charge >= 0.3 is 12.2 Å². The van der Waals surface area contributed by atoms with Gasteiger partial charge in [0.2, 0.25) is 0 Å². The fourth-order valence-electron chi connectivity index (χ4n) is 9.00. The molecule has 14 nitrogen and oxygen atoms in total. The number of hydrogen-bond donors (Lipinski definition) is 0. The van der Waals surface area contributed by atoms with Crippen LogP contribution in [-0.4, -0.2) is 98.2 Å². The molecule has 0 bridgehead atoms. The summed E-state index contributed by atoms with van der Waals surface area (Å²) in [4.78, 5) is 53.1. The minimum absolute atomic E-state index is 0. The first-order valence-corrected chi connectivity index (χ1v) is 26.8. The van der Waals surface area contributed by atoms with Crippen LogP contribution in [0.5, 0.6) is 0 Å². The van der Waals surface area contributed by atoms with Gasteiger partial charge in [0, 0.05) is 86.1 Å². The standard InChI is InChI=1S/2C29H32N4O3S.CH4/c2*1-5-20(2)35-28(22-11-7-6-8-12-22)36-29(34)33-25-14-10-9-13-24(25)30-26-23(19-21(3)37-26)27(33)32-17-15-31(4)16-18-32;/h2*6-14,19,28H,2,5,15-18H2,1,3-4H3;1H4. The van der Waals surface area contributed by atoms with Gasteiger partial charge in [-0.25, -0.2) is 29.4 Å². The Kier molecular flexibility index (Phi) is 17.6. The molecule has 2 aromatic heterocycles. The predicted molar refractivity (Wildman–Crippen MR) is 301 cm³/mol. The zero-order chi connectivity index (χ0) is 51.9. The Bertz CT molecular complexity index is 3040. The topological polar surface area (TPSA) is 115 Å². The molecule has 0 N–H and O–H groups in total. The number of likely N-dealkylation sites (N-methyl/N-ethyl adjacent to an activating group) is 2. The minimum atomic E-state index is -0.925. The van der Waals surface area contributed by atoms with Crippen LogP contribution in [-0.2, 0) is 18.9 Å². The van der Waals surface area contributed by atoms with Crippen molar-refractivity contribution in [2.75, 3.05) is 76.3 Å². The number of aryl methyl sites for hydroxylation is 2. The maximum absolute atomic E-state index is 14.2. The second-order valence-corrected chi connectivity index (χ2v) is 21.0. The lowest BCUT2D eigenvalue weighted by Gasteiger charge is -2.39. The van der Waals surface area contributed by atoms with Crippen LogP contribution in [0.25, 0.3) is 11.6 Å². The third-order valence-electron chi connectivity index (χ3n) is 13.1. The second kappa shape index (κ2) is 24.4. The lowest BCUT2D eigenvalue weighted by molar-refractivity contribution is -0.0756. The molecule has 4 aliphatic heterocycles. The van der Waals surface area contributed by atoms with E-state index in [4.69, 9.17) is 28.9 Å². The van der Waals surface area contributed by atoms with Crippen LogP contribution >= 0.6 is 22.7 Å². The summed E-state index contributed by atoms with van der Waals surface area (Å²) < 4.78 is 26.1. The number of nitrogens with zero attached hydrogens (tertiary/aromatic N) is 8. The second-order valence-electron chi connectivity index (χ2n) is 18.5. The molecule has 0 aliphatic carbocycles. The van der Waals surface area contributed by atoms with Gasteiger partial charge in [0.05, 0.1) is 44.7 Å². The number of carbonyl (C=O) groups excluding carboxylic acids is 2. The molecule has 392 valence electrons. The number of rotatable bonds is 12. The first kappa shape index (κ1) is 54.0. The molecule has 0 saturated carbocycles. The SMILES string of the molecule is C.C=C(CC)OC(OC(=O)N1C(N2CCN(C)CC2)=c2cc(C)sc2=Nc2ccccc21)c1ccccc1.C=C(CC)OC(OC(=O)N1C(N2CCN(C)CC2)=c2cc(C)sc2=Nc2ccccc21)c1ccccc1. The minimum Gasteiger partial charge on any atom is -0.455 e. The Labute approximate surface area is 448 Å². The molecular formula is C59H68N8O6S2. The molecule has 2 fully saturated rings. The number of para-hydroxylation sites is 4. The van der Waals surface area contributed by atoms with Gasteiger partial charge in [-0.2, -0.15) is 0 Å². The molecule has 6 aromatic rings. The Hall–Kier alpha value is -7.24. The van der Waals surface area contributed by atoms with Gasteiger partial charge < -0.3 is 38.5 Å². The van der Waals surface area contributed by atoms with E-state index in [1.807, 2.05) is 123 Å². The molecule has 4 aliphatic rings. The van der Waals surface area contributed by atoms with Crippen molar-refractivity contribution in [2.45, 2.75) is 60.5 Å². The first-order valence-electron chi connectivity index (χ1n) is 25.1. The maximum Gasteiger partial charge on any atom is 0.423 e. The highest BCUT2D eigenvalue weighted by Gasteiger charge is 2.36. The molecule has 2 atom stereocenters. The fourth-order valence-corrected chi connectivity index (χ4v) is 10.8. The van der Waals surface area contributed by atoms with Crippen LogP contribution in [0.4, 0.5) is 32.3 Å². The molecular weight excluding hydrogens is 981 g/mol. The van der Waals surface area contributed by atoms with Gasteiger partial charge in [0.25, 0.3) is 12.6 Å². The van der Waals surface area contributed by atoms with Crippen LogP contribution in [0.15, 0.2) is 156 Å². The normalized spacial score (nSPS) is 16.0. The molecule has 16 heteroatoms. The lowest BCUT2D eigenvalue weighted by Crippen LogP contribution is -2.51. The number of carbonyl (C=O) groups is 2. The van der Waals surface area contributed by atoms with Crippen molar-refractivity contribution in [3.05, 3.63) is 187 Å². The molecule has 0 radical (unpaired) electrons. The van der Waals surface area contributed by atoms with Crippen LogP contribution < -0.4 is 29.6 Å². The molecule has 2 unspecified atom stereocenters.